The molecule has 1 heterocycles. The predicted molar refractivity (Wildman–Crippen MR) is 86.1 cm³/mol. The number of allylic oxidation sites excluding steroid dienone is 2. The van der Waals surface area contributed by atoms with Crippen LogP contribution in [0.3, 0.4) is 0 Å². The van der Waals surface area contributed by atoms with Crippen LogP contribution in [0.4, 0.5) is 0 Å². The van der Waals surface area contributed by atoms with Crippen LogP contribution >= 0.6 is 0 Å². The van der Waals surface area contributed by atoms with E-state index >= 15 is 0 Å². The lowest BCUT2D eigenvalue weighted by molar-refractivity contribution is 0.657. The zero-order valence-corrected chi connectivity index (χ0v) is 12.3. The summed E-state index contributed by atoms with van der Waals surface area (Å²) in [5, 5.41) is 0.637. The van der Waals surface area contributed by atoms with Gasteiger partial charge in [-0.3, -0.25) is 4.79 Å². The third kappa shape index (κ3) is 2.61. The molecule has 1 aromatic carbocycles. The Bertz CT molecular complexity index is 759. The number of fused-ring (bicyclic) bond motifs is 1. The summed E-state index contributed by atoms with van der Waals surface area (Å²) in [6, 6.07) is 7.50. The number of para-hydroxylation sites is 1. The van der Waals surface area contributed by atoms with Crippen molar-refractivity contribution in [3.8, 4) is 0 Å². The van der Waals surface area contributed by atoms with Crippen LogP contribution in [0.5, 0.6) is 0 Å². The maximum Gasteiger partial charge on any atom is 0.279 e. The van der Waals surface area contributed by atoms with Crippen molar-refractivity contribution < 1.29 is 0 Å². The van der Waals surface area contributed by atoms with Crippen LogP contribution in [0, 0.1) is 0 Å². The van der Waals surface area contributed by atoms with Gasteiger partial charge in [-0.1, -0.05) is 50.3 Å². The maximum atomic E-state index is 12.7. The van der Waals surface area contributed by atoms with E-state index in [9.17, 15) is 4.79 Å². The van der Waals surface area contributed by atoms with Crippen LogP contribution < -0.4 is 11.0 Å². The summed E-state index contributed by atoms with van der Waals surface area (Å²) in [5.74, 6) is 0.914. The molecule has 0 unspecified atom stereocenters. The van der Waals surface area contributed by atoms with E-state index in [4.69, 9.17) is 0 Å². The molecule has 21 heavy (non-hydrogen) atoms. The molecule has 0 saturated heterocycles. The molecule has 0 atom stereocenters. The van der Waals surface area contributed by atoms with Gasteiger partial charge in [0.1, 0.15) is 5.82 Å². The number of benzene rings is 1. The van der Waals surface area contributed by atoms with E-state index in [1.807, 2.05) is 38.1 Å². The molecule has 1 N–H and O–H groups in total. The van der Waals surface area contributed by atoms with Crippen LogP contribution in [0.15, 0.2) is 53.4 Å². The van der Waals surface area contributed by atoms with E-state index in [2.05, 4.69) is 34.7 Å². The highest BCUT2D eigenvalue weighted by atomic mass is 16.1. The molecule has 0 spiro atoms. The second-order valence-electron chi connectivity index (χ2n) is 5.53. The predicted octanol–water partition coefficient (Wildman–Crippen LogP) is 2.95. The zero-order valence-electron chi connectivity index (χ0n) is 12.3. The van der Waals surface area contributed by atoms with Crippen molar-refractivity contribution in [3.05, 3.63) is 64.7 Å². The summed E-state index contributed by atoms with van der Waals surface area (Å²) in [5.41, 5.74) is 3.96. The van der Waals surface area contributed by atoms with Crippen LogP contribution in [-0.2, 0) is 0 Å². The van der Waals surface area contributed by atoms with Crippen molar-refractivity contribution in [2.75, 3.05) is 5.43 Å². The molecule has 3 rings (SSSR count). The Morgan fingerprint density at radius 2 is 1.95 bits per heavy atom. The van der Waals surface area contributed by atoms with Gasteiger partial charge in [-0.15, -0.1) is 0 Å². The Balaban J connectivity index is 2.14. The molecule has 1 aliphatic rings. The second-order valence-corrected chi connectivity index (χ2v) is 5.53. The number of hydrogen-bond acceptors (Lipinski definition) is 3. The first-order valence-corrected chi connectivity index (χ1v) is 7.28. The van der Waals surface area contributed by atoms with Crippen molar-refractivity contribution >= 4 is 10.9 Å². The summed E-state index contributed by atoms with van der Waals surface area (Å²) in [6.45, 7) is 4.09. The van der Waals surface area contributed by atoms with Gasteiger partial charge in [0.05, 0.1) is 16.9 Å². The van der Waals surface area contributed by atoms with Gasteiger partial charge in [0.2, 0.25) is 0 Å². The number of aromatic nitrogens is 2. The maximum absolute atomic E-state index is 12.7. The third-order valence-corrected chi connectivity index (χ3v) is 3.56. The Labute approximate surface area is 123 Å². The van der Waals surface area contributed by atoms with Gasteiger partial charge in [0.15, 0.2) is 0 Å². The van der Waals surface area contributed by atoms with Crippen LogP contribution in [0.1, 0.15) is 32.0 Å². The van der Waals surface area contributed by atoms with E-state index in [0.717, 1.165) is 17.8 Å². The van der Waals surface area contributed by atoms with Gasteiger partial charge in [-0.05, 0) is 18.6 Å². The topological polar surface area (TPSA) is 46.9 Å². The molecule has 1 aliphatic carbocycles. The number of hydrogen-bond donors (Lipinski definition) is 1. The SMILES string of the molecule is CC(C)c1nc2ccccc2c(=O)n1NC1C=CCC=C1. The Kier molecular flexibility index (Phi) is 3.60. The van der Waals surface area contributed by atoms with E-state index in [1.54, 1.807) is 4.68 Å². The fraction of sp³-hybridized carbons (Fsp3) is 0.294. The lowest BCUT2D eigenvalue weighted by Gasteiger charge is -2.21. The molecule has 1 aromatic heterocycles. The van der Waals surface area contributed by atoms with Crippen molar-refractivity contribution in [3.63, 3.8) is 0 Å². The smallest absolute Gasteiger partial charge is 0.279 e. The molecule has 108 valence electrons. The van der Waals surface area contributed by atoms with Gasteiger partial charge in [-0.25, -0.2) is 9.66 Å². The Morgan fingerprint density at radius 3 is 2.67 bits per heavy atom. The molecule has 0 radical (unpaired) electrons. The Hall–Kier alpha value is -2.36. The van der Waals surface area contributed by atoms with Crippen LogP contribution in [0.2, 0.25) is 0 Å². The largest absolute Gasteiger partial charge is 0.311 e. The second kappa shape index (κ2) is 5.56. The van der Waals surface area contributed by atoms with Crippen molar-refractivity contribution in [1.29, 1.82) is 0 Å². The minimum absolute atomic E-state index is 0.0249. The number of nitrogens with zero attached hydrogens (tertiary/aromatic N) is 2. The first kappa shape index (κ1) is 13.6. The zero-order chi connectivity index (χ0) is 14.8. The van der Waals surface area contributed by atoms with Crippen molar-refractivity contribution in [1.82, 2.24) is 9.66 Å². The molecule has 4 nitrogen and oxygen atoms in total. The van der Waals surface area contributed by atoms with Crippen molar-refractivity contribution in [2.24, 2.45) is 0 Å². The van der Waals surface area contributed by atoms with Crippen LogP contribution in [-0.4, -0.2) is 15.7 Å². The molecular formula is C17H19N3O. The quantitative estimate of drug-likeness (QED) is 0.880. The lowest BCUT2D eigenvalue weighted by Crippen LogP contribution is -2.37. The summed E-state index contributed by atoms with van der Waals surface area (Å²) in [6.07, 6.45) is 9.25. The summed E-state index contributed by atoms with van der Waals surface area (Å²) >= 11 is 0. The summed E-state index contributed by atoms with van der Waals surface area (Å²) in [7, 11) is 0. The summed E-state index contributed by atoms with van der Waals surface area (Å²) in [4.78, 5) is 17.4. The molecule has 0 aliphatic heterocycles. The van der Waals surface area contributed by atoms with E-state index in [0.29, 0.717) is 5.39 Å². The average molecular weight is 281 g/mol. The highest BCUT2D eigenvalue weighted by Gasteiger charge is 2.15. The first-order chi connectivity index (χ1) is 10.2. The first-order valence-electron chi connectivity index (χ1n) is 7.28. The standard InChI is InChI=1S/C17H19N3O/c1-12(2)16-18-15-11-7-6-10-14(15)17(21)20(16)19-13-8-4-3-5-9-13/h4-13,19H,3H2,1-2H3. The summed E-state index contributed by atoms with van der Waals surface area (Å²) < 4.78 is 1.59. The molecule has 2 aromatic rings. The molecule has 0 amide bonds. The molecule has 0 bridgehead atoms. The Morgan fingerprint density at radius 1 is 1.24 bits per heavy atom. The van der Waals surface area contributed by atoms with Gasteiger partial charge < -0.3 is 5.43 Å². The molecule has 4 heteroatoms. The molecular weight excluding hydrogens is 262 g/mol. The fourth-order valence-electron chi connectivity index (χ4n) is 2.49. The highest BCUT2D eigenvalue weighted by Crippen LogP contribution is 2.14. The average Bonchev–Trinajstić information content (AvgIpc) is 2.51. The monoisotopic (exact) mass is 281 g/mol. The number of nitrogens with one attached hydrogen (secondary N) is 1. The van der Waals surface area contributed by atoms with Gasteiger partial charge in [0.25, 0.3) is 5.56 Å². The normalized spacial score (nSPS) is 15.0. The van der Waals surface area contributed by atoms with Crippen LogP contribution in [0.25, 0.3) is 10.9 Å². The van der Waals surface area contributed by atoms with E-state index in [1.165, 1.54) is 0 Å². The fourth-order valence-corrected chi connectivity index (χ4v) is 2.49. The third-order valence-electron chi connectivity index (χ3n) is 3.56. The highest BCUT2D eigenvalue weighted by molar-refractivity contribution is 5.77. The minimum Gasteiger partial charge on any atom is -0.311 e. The lowest BCUT2D eigenvalue weighted by atomic mass is 10.1. The van der Waals surface area contributed by atoms with Gasteiger partial charge in [-0.2, -0.15) is 0 Å². The van der Waals surface area contributed by atoms with E-state index in [-0.39, 0.29) is 17.5 Å². The van der Waals surface area contributed by atoms with Gasteiger partial charge in [0, 0.05) is 5.92 Å². The number of rotatable bonds is 3. The van der Waals surface area contributed by atoms with E-state index < -0.39 is 0 Å². The minimum atomic E-state index is -0.0447. The van der Waals surface area contributed by atoms with Crippen molar-refractivity contribution in [2.45, 2.75) is 32.2 Å². The van der Waals surface area contributed by atoms with Gasteiger partial charge >= 0.3 is 0 Å². The molecule has 0 saturated carbocycles. The molecule has 0 fully saturated rings.